The Morgan fingerprint density at radius 1 is 1.10 bits per heavy atom. The summed E-state index contributed by atoms with van der Waals surface area (Å²) in [7, 11) is 0. The lowest BCUT2D eigenvalue weighted by Crippen LogP contribution is -2.39. The van der Waals surface area contributed by atoms with Gasteiger partial charge in [-0.2, -0.15) is 0 Å². The van der Waals surface area contributed by atoms with E-state index in [0.29, 0.717) is 5.41 Å². The molecule has 21 heavy (non-hydrogen) atoms. The van der Waals surface area contributed by atoms with E-state index in [-0.39, 0.29) is 0 Å². The molecule has 0 aliphatic heterocycles. The third kappa shape index (κ3) is 7.00. The van der Waals surface area contributed by atoms with Crippen LogP contribution in [0.4, 0.5) is 0 Å². The zero-order valence-corrected chi connectivity index (χ0v) is 15.1. The van der Waals surface area contributed by atoms with Crippen LogP contribution < -0.4 is 5.32 Å². The Morgan fingerprint density at radius 3 is 2.29 bits per heavy atom. The smallest absolute Gasteiger partial charge is 0.00952 e. The number of hydrogen-bond acceptors (Lipinski definition) is 1. The minimum Gasteiger partial charge on any atom is -0.314 e. The van der Waals surface area contributed by atoms with Crippen molar-refractivity contribution in [1.29, 1.82) is 0 Å². The molecule has 1 fully saturated rings. The maximum Gasteiger partial charge on any atom is 0.00952 e. The standard InChI is InChI=1S/C20H39N/c1-6-8-9-10-11-12-19(21-7-2)17-13-15-18(16-14-17)20(3,4)5/h6,17-19,21H,1,7-16H2,2-5H3. The van der Waals surface area contributed by atoms with Gasteiger partial charge >= 0.3 is 0 Å². The highest BCUT2D eigenvalue weighted by molar-refractivity contribution is 4.85. The van der Waals surface area contributed by atoms with Crippen LogP contribution in [0.1, 0.15) is 85.5 Å². The predicted octanol–water partition coefficient (Wildman–Crippen LogP) is 5.95. The Morgan fingerprint density at radius 2 is 1.76 bits per heavy atom. The highest BCUT2D eigenvalue weighted by Gasteiger charge is 2.32. The molecule has 0 spiro atoms. The summed E-state index contributed by atoms with van der Waals surface area (Å²) in [5, 5.41) is 3.78. The first-order valence-electron chi connectivity index (χ1n) is 9.33. The van der Waals surface area contributed by atoms with Crippen LogP contribution in [0.25, 0.3) is 0 Å². The summed E-state index contributed by atoms with van der Waals surface area (Å²) < 4.78 is 0. The fourth-order valence-corrected chi connectivity index (χ4v) is 3.98. The van der Waals surface area contributed by atoms with Crippen molar-refractivity contribution in [2.45, 2.75) is 91.5 Å². The van der Waals surface area contributed by atoms with E-state index < -0.39 is 0 Å². The average Bonchev–Trinajstić information content (AvgIpc) is 2.45. The van der Waals surface area contributed by atoms with Gasteiger partial charge in [-0.05, 0) is 68.7 Å². The van der Waals surface area contributed by atoms with Crippen molar-refractivity contribution in [3.8, 4) is 0 Å². The molecule has 0 amide bonds. The molecule has 1 rings (SSSR count). The molecule has 1 unspecified atom stereocenters. The molecule has 0 heterocycles. The Kier molecular flexibility index (Phi) is 8.63. The van der Waals surface area contributed by atoms with Gasteiger partial charge in [0.25, 0.3) is 0 Å². The molecule has 1 aliphatic carbocycles. The molecule has 0 aromatic heterocycles. The molecule has 1 aliphatic rings. The van der Waals surface area contributed by atoms with Gasteiger partial charge in [0.2, 0.25) is 0 Å². The second kappa shape index (κ2) is 9.66. The molecule has 1 N–H and O–H groups in total. The average molecular weight is 294 g/mol. The van der Waals surface area contributed by atoms with Gasteiger partial charge in [0.1, 0.15) is 0 Å². The first kappa shape index (κ1) is 18.7. The lowest BCUT2D eigenvalue weighted by Gasteiger charge is -2.39. The summed E-state index contributed by atoms with van der Waals surface area (Å²) in [6.45, 7) is 14.4. The van der Waals surface area contributed by atoms with E-state index in [1.807, 2.05) is 0 Å². The molecule has 0 aromatic rings. The van der Waals surface area contributed by atoms with Gasteiger partial charge in [0.05, 0.1) is 0 Å². The van der Waals surface area contributed by atoms with Gasteiger partial charge in [-0.25, -0.2) is 0 Å². The maximum absolute atomic E-state index is 3.81. The monoisotopic (exact) mass is 293 g/mol. The molecule has 1 saturated carbocycles. The first-order chi connectivity index (χ1) is 9.99. The second-order valence-corrected chi connectivity index (χ2v) is 8.07. The largest absolute Gasteiger partial charge is 0.314 e. The molecule has 0 radical (unpaired) electrons. The predicted molar refractivity (Wildman–Crippen MR) is 95.6 cm³/mol. The lowest BCUT2D eigenvalue weighted by atomic mass is 9.68. The maximum atomic E-state index is 3.81. The minimum absolute atomic E-state index is 0.503. The highest BCUT2D eigenvalue weighted by atomic mass is 14.9. The van der Waals surface area contributed by atoms with Gasteiger partial charge in [0, 0.05) is 6.04 Å². The van der Waals surface area contributed by atoms with E-state index in [2.05, 4.69) is 45.7 Å². The Hall–Kier alpha value is -0.300. The molecular weight excluding hydrogens is 254 g/mol. The van der Waals surface area contributed by atoms with E-state index >= 15 is 0 Å². The van der Waals surface area contributed by atoms with E-state index in [1.54, 1.807) is 0 Å². The van der Waals surface area contributed by atoms with Crippen molar-refractivity contribution < 1.29 is 0 Å². The number of unbranched alkanes of at least 4 members (excludes halogenated alkanes) is 3. The van der Waals surface area contributed by atoms with Gasteiger partial charge in [-0.1, -0.05) is 46.6 Å². The number of rotatable bonds is 9. The summed E-state index contributed by atoms with van der Waals surface area (Å²) in [6, 6.07) is 0.764. The normalized spacial score (nSPS) is 24.8. The lowest BCUT2D eigenvalue weighted by molar-refractivity contribution is 0.130. The van der Waals surface area contributed by atoms with Crippen LogP contribution in [-0.4, -0.2) is 12.6 Å². The Labute approximate surface area is 134 Å². The Balaban J connectivity index is 2.34. The van der Waals surface area contributed by atoms with E-state index in [4.69, 9.17) is 0 Å². The van der Waals surface area contributed by atoms with E-state index in [0.717, 1.165) is 24.4 Å². The van der Waals surface area contributed by atoms with Crippen molar-refractivity contribution >= 4 is 0 Å². The molecule has 124 valence electrons. The zero-order valence-electron chi connectivity index (χ0n) is 15.1. The SMILES string of the molecule is C=CCCCCCC(NCC)C1CCC(C(C)(C)C)CC1. The molecule has 0 saturated heterocycles. The zero-order chi connectivity index (χ0) is 15.7. The van der Waals surface area contributed by atoms with Gasteiger partial charge in [-0.15, -0.1) is 6.58 Å². The molecule has 1 nitrogen and oxygen atoms in total. The van der Waals surface area contributed by atoms with Crippen LogP contribution in [0.5, 0.6) is 0 Å². The molecule has 0 bridgehead atoms. The minimum atomic E-state index is 0.503. The molecule has 1 atom stereocenters. The van der Waals surface area contributed by atoms with Crippen molar-refractivity contribution in [2.75, 3.05) is 6.54 Å². The van der Waals surface area contributed by atoms with Crippen LogP contribution >= 0.6 is 0 Å². The first-order valence-corrected chi connectivity index (χ1v) is 9.33. The summed E-state index contributed by atoms with van der Waals surface area (Å²) >= 11 is 0. The number of nitrogens with one attached hydrogen (secondary N) is 1. The van der Waals surface area contributed by atoms with Gasteiger partial charge in [0.15, 0.2) is 0 Å². The Bertz CT molecular complexity index is 268. The summed E-state index contributed by atoms with van der Waals surface area (Å²) in [5.74, 6) is 1.85. The van der Waals surface area contributed by atoms with Crippen LogP contribution in [0, 0.1) is 17.3 Å². The third-order valence-electron chi connectivity index (χ3n) is 5.46. The topological polar surface area (TPSA) is 12.0 Å². The van der Waals surface area contributed by atoms with Crippen molar-refractivity contribution in [3.63, 3.8) is 0 Å². The molecular formula is C20H39N. The van der Waals surface area contributed by atoms with Gasteiger partial charge < -0.3 is 5.32 Å². The van der Waals surface area contributed by atoms with Crippen molar-refractivity contribution in [3.05, 3.63) is 12.7 Å². The van der Waals surface area contributed by atoms with Crippen LogP contribution in [0.3, 0.4) is 0 Å². The van der Waals surface area contributed by atoms with E-state index in [9.17, 15) is 0 Å². The summed E-state index contributed by atoms with van der Waals surface area (Å²) in [6.07, 6.45) is 14.4. The van der Waals surface area contributed by atoms with Crippen LogP contribution in [0.15, 0.2) is 12.7 Å². The van der Waals surface area contributed by atoms with Crippen LogP contribution in [0.2, 0.25) is 0 Å². The highest BCUT2D eigenvalue weighted by Crippen LogP contribution is 2.41. The van der Waals surface area contributed by atoms with Gasteiger partial charge in [-0.3, -0.25) is 0 Å². The van der Waals surface area contributed by atoms with Crippen molar-refractivity contribution in [1.82, 2.24) is 5.32 Å². The summed E-state index contributed by atoms with van der Waals surface area (Å²) in [4.78, 5) is 0. The van der Waals surface area contributed by atoms with Crippen molar-refractivity contribution in [2.24, 2.45) is 17.3 Å². The third-order valence-corrected chi connectivity index (χ3v) is 5.46. The molecule has 1 heteroatoms. The second-order valence-electron chi connectivity index (χ2n) is 8.07. The number of hydrogen-bond donors (Lipinski definition) is 1. The summed E-state index contributed by atoms with van der Waals surface area (Å²) in [5.41, 5.74) is 0.503. The fraction of sp³-hybridized carbons (Fsp3) is 0.900. The quantitative estimate of drug-likeness (QED) is 0.409. The van der Waals surface area contributed by atoms with Crippen LogP contribution in [-0.2, 0) is 0 Å². The fourth-order valence-electron chi connectivity index (χ4n) is 3.98. The molecule has 0 aromatic carbocycles. The number of allylic oxidation sites excluding steroid dienone is 1. The van der Waals surface area contributed by atoms with E-state index in [1.165, 1.54) is 57.8 Å².